The molecule has 0 bridgehead atoms. The van der Waals surface area contributed by atoms with E-state index in [9.17, 15) is 4.79 Å². The van der Waals surface area contributed by atoms with E-state index in [2.05, 4.69) is 27.7 Å². The molecule has 0 spiro atoms. The Kier molecular flexibility index (Phi) is 7.75. The summed E-state index contributed by atoms with van der Waals surface area (Å²) in [6, 6.07) is 18.2. The summed E-state index contributed by atoms with van der Waals surface area (Å²) in [4.78, 5) is 16.2. The lowest BCUT2D eigenvalue weighted by atomic mass is 10.0. The molecule has 1 aliphatic rings. The van der Waals surface area contributed by atoms with Crippen molar-refractivity contribution in [3.8, 4) is 11.1 Å². The molecule has 1 aromatic heterocycles. The second-order valence-corrected chi connectivity index (χ2v) is 9.84. The van der Waals surface area contributed by atoms with E-state index in [0.29, 0.717) is 15.7 Å². The van der Waals surface area contributed by atoms with Crippen molar-refractivity contribution in [2.75, 3.05) is 30.8 Å². The number of carbonyl (C=O) groups excluding carboxylic acids is 1. The van der Waals surface area contributed by atoms with Gasteiger partial charge in [-0.3, -0.25) is 4.90 Å². The Morgan fingerprint density at radius 3 is 2.39 bits per heavy atom. The Balaban J connectivity index is 1.46. The number of likely N-dealkylation sites (tertiary alicyclic amines) is 1. The number of methoxy groups -OCH3 is 1. The highest BCUT2D eigenvalue weighted by Crippen LogP contribution is 2.40. The molecule has 5 nitrogen and oxygen atoms in total. The summed E-state index contributed by atoms with van der Waals surface area (Å²) in [5.41, 5.74) is 4.57. The van der Waals surface area contributed by atoms with Crippen LogP contribution in [-0.2, 0) is 11.3 Å². The molecule has 172 valence electrons. The topological polar surface area (TPSA) is 53.6 Å². The highest BCUT2D eigenvalue weighted by Gasteiger charge is 2.24. The fraction of sp³-hybridized carbons (Fsp3) is 0.308. The fourth-order valence-corrected chi connectivity index (χ4v) is 5.57. The van der Waals surface area contributed by atoms with Gasteiger partial charge in [0.1, 0.15) is 10.6 Å². The molecular weight excluding hydrogens is 450 g/mol. The van der Waals surface area contributed by atoms with Crippen LogP contribution in [0.25, 0.3) is 11.1 Å². The summed E-state index contributed by atoms with van der Waals surface area (Å²) in [6.07, 6.45) is 3.93. The van der Waals surface area contributed by atoms with Gasteiger partial charge in [0, 0.05) is 22.7 Å². The number of aryl methyl sites for hydroxylation is 1. The first-order valence-electron chi connectivity index (χ1n) is 11.2. The molecule has 2 N–H and O–H groups in total. The first-order valence-corrected chi connectivity index (χ1v) is 12.4. The van der Waals surface area contributed by atoms with Crippen molar-refractivity contribution in [1.82, 2.24) is 4.90 Å². The molecule has 2 heterocycles. The third-order valence-corrected chi connectivity index (χ3v) is 7.05. The van der Waals surface area contributed by atoms with Gasteiger partial charge in [0.05, 0.1) is 7.11 Å². The minimum atomic E-state index is -0.384. The Labute approximate surface area is 204 Å². The third-order valence-electron chi connectivity index (χ3n) is 5.83. The highest BCUT2D eigenvalue weighted by molar-refractivity contribution is 7.80. The Bertz CT molecular complexity index is 1100. The first-order chi connectivity index (χ1) is 16.0. The van der Waals surface area contributed by atoms with E-state index in [4.69, 9.17) is 17.0 Å². The lowest BCUT2D eigenvalue weighted by Gasteiger charge is -2.26. The zero-order valence-electron chi connectivity index (χ0n) is 19.0. The van der Waals surface area contributed by atoms with Crippen molar-refractivity contribution in [2.24, 2.45) is 0 Å². The summed E-state index contributed by atoms with van der Waals surface area (Å²) in [7, 11) is 1.40. The van der Waals surface area contributed by atoms with Gasteiger partial charge in [0.2, 0.25) is 0 Å². The molecule has 0 unspecified atom stereocenters. The van der Waals surface area contributed by atoms with Crippen molar-refractivity contribution < 1.29 is 9.53 Å². The van der Waals surface area contributed by atoms with Crippen LogP contribution in [0.15, 0.2) is 54.6 Å². The van der Waals surface area contributed by atoms with Gasteiger partial charge in [-0.2, -0.15) is 0 Å². The normalized spacial score (nSPS) is 14.0. The zero-order valence-corrected chi connectivity index (χ0v) is 20.7. The molecule has 0 saturated carbocycles. The van der Waals surface area contributed by atoms with Crippen LogP contribution in [0.3, 0.4) is 0 Å². The SMILES string of the molecule is COC(=O)c1c(NC(=S)Nc2ccc(CN3CCCCC3)cc2)sc(C)c1-c1ccccc1. The van der Waals surface area contributed by atoms with Crippen LogP contribution in [0.1, 0.15) is 40.1 Å². The molecule has 0 amide bonds. The van der Waals surface area contributed by atoms with E-state index in [1.165, 1.54) is 56.4 Å². The molecule has 1 aliphatic heterocycles. The number of ether oxygens (including phenoxy) is 1. The molecule has 1 saturated heterocycles. The van der Waals surface area contributed by atoms with Crippen molar-refractivity contribution in [3.05, 3.63) is 70.6 Å². The Hall–Kier alpha value is -2.74. The van der Waals surface area contributed by atoms with Crippen LogP contribution in [-0.4, -0.2) is 36.2 Å². The molecule has 3 aromatic rings. The van der Waals surface area contributed by atoms with Crippen LogP contribution in [0.2, 0.25) is 0 Å². The second-order valence-electron chi connectivity index (χ2n) is 8.21. The smallest absolute Gasteiger partial charge is 0.341 e. The second kappa shape index (κ2) is 10.9. The van der Waals surface area contributed by atoms with E-state index in [1.54, 1.807) is 0 Å². The Morgan fingerprint density at radius 1 is 1.03 bits per heavy atom. The van der Waals surface area contributed by atoms with E-state index in [-0.39, 0.29) is 5.97 Å². The number of thiocarbonyl (C=S) groups is 1. The van der Waals surface area contributed by atoms with E-state index in [0.717, 1.165) is 28.2 Å². The molecule has 0 radical (unpaired) electrons. The number of anilines is 2. The van der Waals surface area contributed by atoms with Crippen LogP contribution >= 0.6 is 23.6 Å². The van der Waals surface area contributed by atoms with Crippen LogP contribution < -0.4 is 10.6 Å². The number of hydrogen-bond acceptors (Lipinski definition) is 5. The Morgan fingerprint density at radius 2 is 1.73 bits per heavy atom. The summed E-state index contributed by atoms with van der Waals surface area (Å²) in [6.45, 7) is 5.35. The molecular formula is C26H29N3O2S2. The summed E-state index contributed by atoms with van der Waals surface area (Å²) < 4.78 is 5.09. The standard InChI is InChI=1S/C26H29N3O2S2/c1-18-22(20-9-5-3-6-10-20)23(25(30)31-2)24(33-18)28-26(32)27-21-13-11-19(12-14-21)17-29-15-7-4-8-16-29/h3,5-6,9-14H,4,7-8,15-17H2,1-2H3,(H2,27,28,32). The molecule has 4 rings (SSSR count). The average Bonchev–Trinajstić information content (AvgIpc) is 3.16. The first kappa shape index (κ1) is 23.4. The maximum absolute atomic E-state index is 12.7. The van der Waals surface area contributed by atoms with Gasteiger partial charge in [-0.15, -0.1) is 11.3 Å². The number of rotatable bonds is 6. The van der Waals surface area contributed by atoms with Crippen LogP contribution in [0, 0.1) is 6.92 Å². The molecule has 7 heteroatoms. The molecule has 0 aliphatic carbocycles. The van der Waals surface area contributed by atoms with Crippen LogP contribution in [0.5, 0.6) is 0 Å². The summed E-state index contributed by atoms with van der Waals surface area (Å²) in [5, 5.41) is 7.56. The number of nitrogens with one attached hydrogen (secondary N) is 2. The molecule has 33 heavy (non-hydrogen) atoms. The van der Waals surface area contributed by atoms with E-state index in [1.807, 2.05) is 49.4 Å². The van der Waals surface area contributed by atoms with E-state index < -0.39 is 0 Å². The predicted molar refractivity (Wildman–Crippen MR) is 141 cm³/mol. The molecule has 0 atom stereocenters. The van der Waals surface area contributed by atoms with Gasteiger partial charge < -0.3 is 15.4 Å². The predicted octanol–water partition coefficient (Wildman–Crippen LogP) is 6.30. The van der Waals surface area contributed by atoms with Gasteiger partial charge in [0.15, 0.2) is 5.11 Å². The number of piperidine rings is 1. The zero-order chi connectivity index (χ0) is 23.2. The van der Waals surface area contributed by atoms with Crippen molar-refractivity contribution >= 4 is 45.3 Å². The van der Waals surface area contributed by atoms with Gasteiger partial charge >= 0.3 is 5.97 Å². The number of nitrogens with zero attached hydrogens (tertiary/aromatic N) is 1. The highest BCUT2D eigenvalue weighted by atomic mass is 32.1. The number of thiophene rings is 1. The van der Waals surface area contributed by atoms with Gasteiger partial charge in [-0.1, -0.05) is 48.9 Å². The van der Waals surface area contributed by atoms with Crippen molar-refractivity contribution in [3.63, 3.8) is 0 Å². The third kappa shape index (κ3) is 5.79. The lowest BCUT2D eigenvalue weighted by molar-refractivity contribution is 0.0603. The maximum atomic E-state index is 12.7. The number of hydrogen-bond donors (Lipinski definition) is 2. The number of esters is 1. The van der Waals surface area contributed by atoms with E-state index >= 15 is 0 Å². The largest absolute Gasteiger partial charge is 0.465 e. The molecule has 2 aromatic carbocycles. The van der Waals surface area contributed by atoms with Crippen LogP contribution in [0.4, 0.5) is 10.7 Å². The fourth-order valence-electron chi connectivity index (χ4n) is 4.22. The van der Waals surface area contributed by atoms with Gasteiger partial charge in [0.25, 0.3) is 0 Å². The number of benzene rings is 2. The quantitative estimate of drug-likeness (QED) is 0.319. The average molecular weight is 480 g/mol. The van der Waals surface area contributed by atoms with Crippen molar-refractivity contribution in [1.29, 1.82) is 0 Å². The van der Waals surface area contributed by atoms with Crippen molar-refractivity contribution in [2.45, 2.75) is 32.7 Å². The summed E-state index contributed by atoms with van der Waals surface area (Å²) in [5.74, 6) is -0.384. The minimum absolute atomic E-state index is 0.384. The minimum Gasteiger partial charge on any atom is -0.465 e. The number of carbonyl (C=O) groups is 1. The molecule has 1 fully saturated rings. The van der Waals surface area contributed by atoms with Gasteiger partial charge in [-0.05, 0) is 68.3 Å². The van der Waals surface area contributed by atoms with Gasteiger partial charge in [-0.25, -0.2) is 4.79 Å². The maximum Gasteiger partial charge on any atom is 0.341 e. The monoisotopic (exact) mass is 479 g/mol. The lowest BCUT2D eigenvalue weighted by Crippen LogP contribution is -2.29. The summed E-state index contributed by atoms with van der Waals surface area (Å²) >= 11 is 7.05.